The number of nitrogens with two attached hydrogens (primary N) is 1. The van der Waals surface area contributed by atoms with Crippen molar-refractivity contribution >= 4 is 40.9 Å². The summed E-state index contributed by atoms with van der Waals surface area (Å²) in [4.78, 5) is 50.5. The van der Waals surface area contributed by atoms with Crippen LogP contribution in [0.3, 0.4) is 0 Å². The number of ether oxygens (including phenoxy) is 2. The zero-order valence-corrected chi connectivity index (χ0v) is 27.4. The Balaban J connectivity index is 1.47. The number of primary amides is 1. The molecule has 0 aromatic heterocycles. The molecule has 45 heavy (non-hydrogen) atoms. The van der Waals surface area contributed by atoms with E-state index in [1.54, 1.807) is 0 Å². The SMILES string of the molecule is CCC(=O)NC1C=C(OC2=NC(Nc3ccc(N4C[C@@H](C)N(C(=O)OC(C)(C)C)[C@@H](C)C4)cc3)C(C(N)=O)N=C2CC)C=CC1. The Bertz CT molecular complexity index is 1370. The predicted octanol–water partition coefficient (Wildman–Crippen LogP) is 4.13. The number of aliphatic imine (C=N–C) groups is 2. The van der Waals surface area contributed by atoms with Gasteiger partial charge in [0.15, 0.2) is 12.2 Å². The summed E-state index contributed by atoms with van der Waals surface area (Å²) in [6.07, 6.45) is 6.10. The third-order valence-corrected chi connectivity index (χ3v) is 7.71. The average Bonchev–Trinajstić information content (AvgIpc) is 2.96. The summed E-state index contributed by atoms with van der Waals surface area (Å²) in [7, 11) is 0. The molecule has 2 aliphatic heterocycles. The molecular weight excluding hydrogens is 574 g/mol. The van der Waals surface area contributed by atoms with Gasteiger partial charge in [0, 0.05) is 30.9 Å². The van der Waals surface area contributed by atoms with E-state index in [4.69, 9.17) is 20.2 Å². The van der Waals surface area contributed by atoms with E-state index in [0.717, 1.165) is 11.4 Å². The highest BCUT2D eigenvalue weighted by molar-refractivity contribution is 6.40. The highest BCUT2D eigenvalue weighted by Gasteiger charge is 2.36. The largest absolute Gasteiger partial charge is 0.444 e. The Hall–Kier alpha value is -4.35. The second kappa shape index (κ2) is 14.2. The molecule has 0 radical (unpaired) electrons. The van der Waals surface area contributed by atoms with Crippen molar-refractivity contribution in [1.29, 1.82) is 0 Å². The first kappa shape index (κ1) is 33.5. The topological polar surface area (TPSA) is 151 Å². The number of amides is 3. The van der Waals surface area contributed by atoms with Crippen LogP contribution >= 0.6 is 0 Å². The summed E-state index contributed by atoms with van der Waals surface area (Å²) in [5.41, 5.74) is 7.48. The Kier molecular flexibility index (Phi) is 10.6. The van der Waals surface area contributed by atoms with Crippen LogP contribution in [0.5, 0.6) is 0 Å². The van der Waals surface area contributed by atoms with Gasteiger partial charge in [-0.2, -0.15) is 0 Å². The van der Waals surface area contributed by atoms with Gasteiger partial charge in [-0.1, -0.05) is 19.9 Å². The molecule has 0 bridgehead atoms. The molecule has 3 aliphatic rings. The minimum atomic E-state index is -0.915. The quantitative estimate of drug-likeness (QED) is 0.395. The molecule has 2 heterocycles. The molecule has 244 valence electrons. The monoisotopic (exact) mass is 621 g/mol. The van der Waals surface area contributed by atoms with Gasteiger partial charge in [0.25, 0.3) is 0 Å². The Morgan fingerprint density at radius 3 is 2.29 bits per heavy atom. The standard InChI is InChI=1S/C33H47N7O5/c1-8-26-31(44-25-12-10-11-23(17-25)35-27(41)9-2)38-30(28(37-26)29(34)42)36-22-13-15-24(16-14-22)39-18-20(3)40(21(4)19-39)32(43)45-33(5,6)7/h10,12-17,20-21,23,28,30,36H,8-9,11,18-19H2,1-7H3,(H2,34,42)(H,35,41)/t20-,21+,23?,28?,30?. The number of benzene rings is 1. The fraction of sp³-hybridized carbons (Fsp3) is 0.545. The van der Waals surface area contributed by atoms with Crippen LogP contribution in [0.4, 0.5) is 16.2 Å². The lowest BCUT2D eigenvalue weighted by molar-refractivity contribution is -0.121. The highest BCUT2D eigenvalue weighted by atomic mass is 16.6. The van der Waals surface area contributed by atoms with E-state index in [1.165, 1.54) is 0 Å². The summed E-state index contributed by atoms with van der Waals surface area (Å²) in [6.45, 7) is 14.7. The first-order valence-corrected chi connectivity index (χ1v) is 15.7. The van der Waals surface area contributed by atoms with Gasteiger partial charge in [0.05, 0.1) is 23.8 Å². The van der Waals surface area contributed by atoms with Crippen molar-refractivity contribution in [3.05, 3.63) is 48.3 Å². The van der Waals surface area contributed by atoms with Crippen molar-refractivity contribution in [2.24, 2.45) is 15.7 Å². The van der Waals surface area contributed by atoms with Crippen LogP contribution in [-0.2, 0) is 19.1 Å². The number of carbonyl (C=O) groups is 3. The maximum atomic E-state index is 12.8. The number of piperazine rings is 1. The van der Waals surface area contributed by atoms with Gasteiger partial charge in [-0.3, -0.25) is 19.5 Å². The van der Waals surface area contributed by atoms with E-state index in [9.17, 15) is 14.4 Å². The summed E-state index contributed by atoms with van der Waals surface area (Å²) in [5.74, 6) is 0.206. The maximum Gasteiger partial charge on any atom is 0.410 e. The molecule has 0 saturated carbocycles. The van der Waals surface area contributed by atoms with Crippen molar-refractivity contribution in [1.82, 2.24) is 10.2 Å². The lowest BCUT2D eigenvalue weighted by Gasteiger charge is -2.45. The van der Waals surface area contributed by atoms with Gasteiger partial charge in [0.1, 0.15) is 11.4 Å². The smallest absolute Gasteiger partial charge is 0.410 e. The molecule has 1 fully saturated rings. The van der Waals surface area contributed by atoms with Gasteiger partial charge < -0.3 is 30.7 Å². The maximum absolute atomic E-state index is 12.8. The lowest BCUT2D eigenvalue weighted by Crippen LogP contribution is -2.59. The molecule has 1 saturated heterocycles. The average molecular weight is 622 g/mol. The summed E-state index contributed by atoms with van der Waals surface area (Å²) < 4.78 is 11.8. The fourth-order valence-electron chi connectivity index (χ4n) is 5.61. The number of rotatable bonds is 8. The minimum absolute atomic E-state index is 0.0364. The molecule has 1 aliphatic carbocycles. The summed E-state index contributed by atoms with van der Waals surface area (Å²) in [5, 5.41) is 6.26. The van der Waals surface area contributed by atoms with Crippen molar-refractivity contribution in [2.45, 2.75) is 104 Å². The normalized spacial score (nSPS) is 25.0. The van der Waals surface area contributed by atoms with Crippen molar-refractivity contribution in [3.63, 3.8) is 0 Å². The molecule has 12 heteroatoms. The molecule has 4 rings (SSSR count). The minimum Gasteiger partial charge on any atom is -0.444 e. The zero-order chi connectivity index (χ0) is 32.9. The van der Waals surface area contributed by atoms with Crippen LogP contribution in [0.15, 0.2) is 58.2 Å². The number of hydrogen-bond donors (Lipinski definition) is 3. The number of carbonyl (C=O) groups excluding carboxylic acids is 3. The van der Waals surface area contributed by atoms with Crippen LogP contribution < -0.4 is 21.3 Å². The highest BCUT2D eigenvalue weighted by Crippen LogP contribution is 2.27. The van der Waals surface area contributed by atoms with Gasteiger partial charge >= 0.3 is 6.09 Å². The molecule has 0 spiro atoms. The van der Waals surface area contributed by atoms with Crippen molar-refractivity contribution in [2.75, 3.05) is 23.3 Å². The molecule has 4 N–H and O–H groups in total. The predicted molar refractivity (Wildman–Crippen MR) is 176 cm³/mol. The van der Waals surface area contributed by atoms with Crippen molar-refractivity contribution < 1.29 is 23.9 Å². The summed E-state index contributed by atoms with van der Waals surface area (Å²) >= 11 is 0. The van der Waals surface area contributed by atoms with Crippen LogP contribution in [0.2, 0.25) is 0 Å². The Labute approximate surface area is 265 Å². The molecule has 12 nitrogen and oxygen atoms in total. The molecule has 3 unspecified atom stereocenters. The van der Waals surface area contributed by atoms with E-state index in [0.29, 0.717) is 49.7 Å². The van der Waals surface area contributed by atoms with Gasteiger partial charge in [-0.05, 0) is 83.9 Å². The fourth-order valence-corrected chi connectivity index (χ4v) is 5.61. The van der Waals surface area contributed by atoms with Crippen LogP contribution in [0.25, 0.3) is 0 Å². The molecule has 5 atom stereocenters. The zero-order valence-electron chi connectivity index (χ0n) is 27.4. The first-order valence-electron chi connectivity index (χ1n) is 15.7. The van der Waals surface area contributed by atoms with Gasteiger partial charge in [-0.25, -0.2) is 9.79 Å². The van der Waals surface area contributed by atoms with Crippen LogP contribution in [-0.4, -0.2) is 83.4 Å². The van der Waals surface area contributed by atoms with E-state index in [-0.39, 0.29) is 30.1 Å². The van der Waals surface area contributed by atoms with E-state index >= 15 is 0 Å². The lowest BCUT2D eigenvalue weighted by atomic mass is 10.1. The van der Waals surface area contributed by atoms with Gasteiger partial charge in [-0.15, -0.1) is 0 Å². The number of anilines is 2. The third-order valence-electron chi connectivity index (χ3n) is 7.71. The number of allylic oxidation sites excluding steroid dienone is 1. The second-order valence-corrected chi connectivity index (χ2v) is 12.7. The number of nitrogens with zero attached hydrogens (tertiary/aromatic N) is 4. The van der Waals surface area contributed by atoms with Crippen LogP contribution in [0, 0.1) is 0 Å². The van der Waals surface area contributed by atoms with E-state index in [1.807, 2.05) is 95.9 Å². The third kappa shape index (κ3) is 8.64. The second-order valence-electron chi connectivity index (χ2n) is 12.7. The first-order chi connectivity index (χ1) is 21.3. The Morgan fingerprint density at radius 2 is 1.71 bits per heavy atom. The molecule has 1 aromatic carbocycles. The number of nitrogens with one attached hydrogen (secondary N) is 2. The van der Waals surface area contributed by atoms with E-state index < -0.39 is 23.7 Å². The van der Waals surface area contributed by atoms with Crippen LogP contribution in [0.1, 0.15) is 67.7 Å². The summed E-state index contributed by atoms with van der Waals surface area (Å²) in [6, 6.07) is 6.67. The molecule has 3 amide bonds. The Morgan fingerprint density at radius 1 is 1.04 bits per heavy atom. The van der Waals surface area contributed by atoms with Crippen molar-refractivity contribution in [3.8, 4) is 0 Å². The number of hydrogen-bond acceptors (Lipinski definition) is 9. The molecular formula is C33H47N7O5. The van der Waals surface area contributed by atoms with E-state index in [2.05, 4.69) is 20.5 Å². The molecule has 1 aromatic rings. The van der Waals surface area contributed by atoms with Gasteiger partial charge in [0.2, 0.25) is 17.7 Å².